The van der Waals surface area contributed by atoms with E-state index in [9.17, 15) is 0 Å². The third-order valence-corrected chi connectivity index (χ3v) is 25.2. The Bertz CT molecular complexity index is 4130. The van der Waals surface area contributed by atoms with Gasteiger partial charge in [-0.15, -0.1) is 0 Å². The van der Waals surface area contributed by atoms with Crippen LogP contribution in [-0.4, -0.2) is 35.2 Å². The molecular weight excluding hydrogens is 931 g/mol. The molecule has 1 aliphatic rings. The minimum atomic E-state index is -3.20. The van der Waals surface area contributed by atoms with E-state index in [2.05, 4.69) is 300 Å². The number of benzene rings is 10. The topological polar surface area (TPSA) is 38.9 Å². The molecule has 0 spiro atoms. The Labute approximate surface area is 432 Å². The Morgan fingerprint density at radius 3 is 1.64 bits per heavy atom. The van der Waals surface area contributed by atoms with E-state index in [1.54, 1.807) is 0 Å². The van der Waals surface area contributed by atoms with Gasteiger partial charge < -0.3 is 9.13 Å². The molecule has 3 aromatic heterocycles. The van der Waals surface area contributed by atoms with Crippen LogP contribution >= 0.6 is 0 Å². The van der Waals surface area contributed by atoms with Gasteiger partial charge in [-0.25, -0.2) is 9.97 Å². The SMILES string of the molecule is Cn1c(-c2cccc([Si](c3ccccc3)(c3ccccc3)c3cccc(N4c5ccccc5[Si](c5ccccc5)(c5ccccc5)c5c4ncc4c5c5ccccc5n4-c4ccccc4)c3)c2)nc2ccccc21. The van der Waals surface area contributed by atoms with E-state index in [-0.39, 0.29) is 0 Å². The molecule has 0 amide bonds. The minimum Gasteiger partial charge on any atom is -0.327 e. The van der Waals surface area contributed by atoms with Crippen molar-refractivity contribution in [2.75, 3.05) is 4.90 Å². The summed E-state index contributed by atoms with van der Waals surface area (Å²) in [6, 6.07) is 101. The summed E-state index contributed by atoms with van der Waals surface area (Å²) in [5.41, 5.74) is 8.75. The second-order valence-electron chi connectivity index (χ2n) is 19.3. The highest BCUT2D eigenvalue weighted by Crippen LogP contribution is 2.42. The zero-order chi connectivity index (χ0) is 49.2. The van der Waals surface area contributed by atoms with Crippen molar-refractivity contribution in [3.8, 4) is 17.1 Å². The van der Waals surface area contributed by atoms with Crippen molar-refractivity contribution < 1.29 is 0 Å². The average Bonchev–Trinajstić information content (AvgIpc) is 4.13. The van der Waals surface area contributed by atoms with E-state index in [1.807, 2.05) is 0 Å². The number of hydrogen-bond acceptors (Lipinski definition) is 3. The van der Waals surface area contributed by atoms with E-state index < -0.39 is 16.1 Å². The lowest BCUT2D eigenvalue weighted by Gasteiger charge is -2.45. The number of para-hydroxylation sites is 5. The van der Waals surface area contributed by atoms with Crippen LogP contribution in [0.5, 0.6) is 0 Å². The summed E-state index contributed by atoms with van der Waals surface area (Å²) in [5, 5.41) is 12.9. The van der Waals surface area contributed by atoms with Gasteiger partial charge in [-0.2, -0.15) is 0 Å². The molecule has 5 nitrogen and oxygen atoms in total. The Morgan fingerprint density at radius 2 is 0.959 bits per heavy atom. The van der Waals surface area contributed by atoms with Crippen LogP contribution in [0.25, 0.3) is 49.9 Å². The minimum absolute atomic E-state index is 0.947. The summed E-state index contributed by atoms with van der Waals surface area (Å²) in [6.07, 6.45) is 2.14. The number of rotatable bonds is 9. The Kier molecular flexibility index (Phi) is 10.4. The van der Waals surface area contributed by atoms with Crippen LogP contribution in [0.15, 0.2) is 279 Å². The van der Waals surface area contributed by atoms with Gasteiger partial charge in [-0.3, -0.25) is 4.90 Å². The summed E-state index contributed by atoms with van der Waals surface area (Å²) in [4.78, 5) is 13.5. The molecule has 0 aliphatic carbocycles. The van der Waals surface area contributed by atoms with Gasteiger partial charge in [0.15, 0.2) is 16.1 Å². The first-order chi connectivity index (χ1) is 36.7. The molecule has 0 atom stereocenters. The number of anilines is 3. The van der Waals surface area contributed by atoms with Crippen LogP contribution in [0.4, 0.5) is 17.2 Å². The lowest BCUT2D eigenvalue weighted by atomic mass is 10.1. The summed E-state index contributed by atoms with van der Waals surface area (Å²) in [7, 11) is -4.20. The van der Waals surface area contributed by atoms with Gasteiger partial charge in [0.05, 0.1) is 28.3 Å². The molecule has 1 aliphatic heterocycles. The van der Waals surface area contributed by atoms with Gasteiger partial charge in [0.2, 0.25) is 0 Å². The fourth-order valence-corrected chi connectivity index (χ4v) is 22.6. The first kappa shape index (κ1) is 43.6. The maximum Gasteiger partial charge on any atom is 0.187 e. The molecule has 4 heterocycles. The first-order valence-corrected chi connectivity index (χ1v) is 29.4. The largest absolute Gasteiger partial charge is 0.327 e. The molecule has 0 fully saturated rings. The first-order valence-electron chi connectivity index (χ1n) is 25.4. The van der Waals surface area contributed by atoms with E-state index in [4.69, 9.17) is 9.97 Å². The molecule has 10 aromatic carbocycles. The second-order valence-corrected chi connectivity index (χ2v) is 26.8. The van der Waals surface area contributed by atoms with E-state index in [1.165, 1.54) is 52.3 Å². The number of nitrogens with zero attached hydrogens (tertiary/aromatic N) is 5. The molecule has 0 unspecified atom stereocenters. The fourth-order valence-electron chi connectivity index (χ4n) is 12.5. The molecule has 13 aromatic rings. The van der Waals surface area contributed by atoms with Crippen LogP contribution < -0.4 is 46.4 Å². The van der Waals surface area contributed by atoms with Gasteiger partial charge >= 0.3 is 0 Å². The highest BCUT2D eigenvalue weighted by Gasteiger charge is 2.51. The molecule has 0 radical (unpaired) electrons. The van der Waals surface area contributed by atoms with Gasteiger partial charge in [0, 0.05) is 45.6 Å². The second kappa shape index (κ2) is 17.6. The summed E-state index contributed by atoms with van der Waals surface area (Å²) in [5.74, 6) is 1.90. The molecule has 7 heteroatoms. The Balaban J connectivity index is 1.09. The summed E-state index contributed by atoms with van der Waals surface area (Å²) < 4.78 is 4.64. The van der Waals surface area contributed by atoms with Crippen molar-refractivity contribution in [3.63, 3.8) is 0 Å². The molecule has 74 heavy (non-hydrogen) atoms. The lowest BCUT2D eigenvalue weighted by Crippen LogP contribution is -2.77. The van der Waals surface area contributed by atoms with E-state index in [0.717, 1.165) is 56.3 Å². The summed E-state index contributed by atoms with van der Waals surface area (Å²) in [6.45, 7) is 0. The zero-order valence-electron chi connectivity index (χ0n) is 40.8. The van der Waals surface area contributed by atoms with Crippen LogP contribution in [0, 0.1) is 0 Å². The molecule has 0 saturated heterocycles. The van der Waals surface area contributed by atoms with Gasteiger partial charge in [-0.05, 0) is 84.8 Å². The number of aromatic nitrogens is 4. The van der Waals surface area contributed by atoms with Crippen molar-refractivity contribution in [1.82, 2.24) is 19.1 Å². The molecule has 0 bridgehead atoms. The highest BCUT2D eigenvalue weighted by molar-refractivity contribution is 7.22. The van der Waals surface area contributed by atoms with Crippen LogP contribution in [0.3, 0.4) is 0 Å². The quantitative estimate of drug-likeness (QED) is 0.107. The highest BCUT2D eigenvalue weighted by atomic mass is 28.3. The number of fused-ring (bicyclic) bond motifs is 7. The van der Waals surface area contributed by atoms with E-state index in [0.29, 0.717) is 0 Å². The van der Waals surface area contributed by atoms with Gasteiger partial charge in [-0.1, -0.05) is 224 Å². The van der Waals surface area contributed by atoms with Crippen molar-refractivity contribution in [3.05, 3.63) is 279 Å². The van der Waals surface area contributed by atoms with Crippen molar-refractivity contribution in [1.29, 1.82) is 0 Å². The lowest BCUT2D eigenvalue weighted by molar-refractivity contribution is 0.959. The number of hydrogen-bond donors (Lipinski definition) is 0. The Morgan fingerprint density at radius 1 is 0.432 bits per heavy atom. The third-order valence-electron chi connectivity index (χ3n) is 15.5. The third kappa shape index (κ3) is 6.47. The summed E-state index contributed by atoms with van der Waals surface area (Å²) >= 11 is 0. The Hall–Kier alpha value is -9.15. The van der Waals surface area contributed by atoms with Crippen LogP contribution in [0.2, 0.25) is 0 Å². The normalized spacial score (nSPS) is 13.0. The fraction of sp³-hybridized carbons (Fsp3) is 0.0149. The number of aryl methyl sites for hydroxylation is 1. The van der Waals surface area contributed by atoms with Crippen molar-refractivity contribution in [2.45, 2.75) is 0 Å². The number of pyridine rings is 1. The average molecular weight is 980 g/mol. The monoisotopic (exact) mass is 979 g/mol. The predicted octanol–water partition coefficient (Wildman–Crippen LogP) is 10.3. The van der Waals surface area contributed by atoms with E-state index >= 15 is 0 Å². The van der Waals surface area contributed by atoms with Gasteiger partial charge in [0.1, 0.15) is 11.6 Å². The van der Waals surface area contributed by atoms with Crippen LogP contribution in [0.1, 0.15) is 0 Å². The van der Waals surface area contributed by atoms with Crippen LogP contribution in [-0.2, 0) is 7.05 Å². The molecule has 0 saturated carbocycles. The maximum atomic E-state index is 5.81. The standard InChI is InChI=1S/C67H49N5Si2/c1-70-60-42-20-18-40-58(60)69-66(70)48-25-23-37-55(45-48)73(51-29-9-3-10-30-51,52-31-11-4-12-32-52)56-38-24-28-50(46-56)72-61-43-21-22-44-63(61)74(53-33-13-5-14-34-53,54-35-15-6-16-36-54)65-64-57-39-17-19-41-59(57)71(49-26-7-2-8-27-49)62(64)47-68-67(65)72/h2-47H,1H3. The van der Waals surface area contributed by atoms with Crippen molar-refractivity contribution in [2.24, 2.45) is 7.05 Å². The molecule has 350 valence electrons. The molecular formula is C67H49N5Si2. The maximum absolute atomic E-state index is 5.81. The smallest absolute Gasteiger partial charge is 0.187 e. The molecule has 14 rings (SSSR count). The molecule has 0 N–H and O–H groups in total. The van der Waals surface area contributed by atoms with Crippen molar-refractivity contribution >= 4 is 108 Å². The van der Waals surface area contributed by atoms with Gasteiger partial charge in [0.25, 0.3) is 0 Å². The predicted molar refractivity (Wildman–Crippen MR) is 314 cm³/mol. The zero-order valence-corrected chi connectivity index (χ0v) is 42.8. The number of imidazole rings is 1.